The number of aromatic nitrogens is 3. The molecule has 4 rings (SSSR count). The van der Waals surface area contributed by atoms with Crippen LogP contribution in [0.5, 0.6) is 5.75 Å². The quantitative estimate of drug-likeness (QED) is 0.619. The van der Waals surface area contributed by atoms with Crippen LogP contribution in [0.1, 0.15) is 0 Å². The summed E-state index contributed by atoms with van der Waals surface area (Å²) in [5, 5.41) is 9.51. The zero-order valence-electron chi connectivity index (χ0n) is 15.5. The van der Waals surface area contributed by atoms with Gasteiger partial charge in [0.15, 0.2) is 18.2 Å². The van der Waals surface area contributed by atoms with Crippen molar-refractivity contribution < 1.29 is 9.53 Å². The third-order valence-corrected chi connectivity index (χ3v) is 5.24. The summed E-state index contributed by atoms with van der Waals surface area (Å²) >= 11 is 11.9. The topological polar surface area (TPSA) is 63.5 Å². The SMILES string of the molecule is O=C(COc1ccc(Cl)cc1Cl)N1CCN(c2ccc(-n3cccc3)nn2)CC1. The summed E-state index contributed by atoms with van der Waals surface area (Å²) in [7, 11) is 0. The summed E-state index contributed by atoms with van der Waals surface area (Å²) in [5.41, 5.74) is 0. The Morgan fingerprint density at radius 3 is 2.31 bits per heavy atom. The van der Waals surface area contributed by atoms with E-state index in [4.69, 9.17) is 27.9 Å². The fourth-order valence-electron chi connectivity index (χ4n) is 3.12. The first-order valence-electron chi connectivity index (χ1n) is 9.18. The number of rotatable bonds is 5. The first-order valence-corrected chi connectivity index (χ1v) is 9.93. The molecule has 150 valence electrons. The van der Waals surface area contributed by atoms with Gasteiger partial charge in [0.05, 0.1) is 5.02 Å². The zero-order valence-corrected chi connectivity index (χ0v) is 17.1. The molecule has 3 heterocycles. The van der Waals surface area contributed by atoms with Gasteiger partial charge in [0.1, 0.15) is 5.75 Å². The van der Waals surface area contributed by atoms with Crippen molar-refractivity contribution in [3.63, 3.8) is 0 Å². The molecular weight excluding hydrogens is 413 g/mol. The number of ether oxygens (including phenoxy) is 1. The van der Waals surface area contributed by atoms with Crippen LogP contribution in [0.4, 0.5) is 5.82 Å². The third kappa shape index (κ3) is 4.63. The summed E-state index contributed by atoms with van der Waals surface area (Å²) in [6.45, 7) is 2.50. The van der Waals surface area contributed by atoms with Gasteiger partial charge in [0, 0.05) is 43.6 Å². The van der Waals surface area contributed by atoms with Crippen molar-refractivity contribution in [2.75, 3.05) is 37.7 Å². The van der Waals surface area contributed by atoms with E-state index in [0.717, 1.165) is 11.6 Å². The molecule has 2 aromatic heterocycles. The predicted octanol–water partition coefficient (Wildman–Crippen LogP) is 3.30. The maximum atomic E-state index is 12.5. The number of halogens is 2. The Labute approximate surface area is 178 Å². The van der Waals surface area contributed by atoms with Crippen molar-refractivity contribution in [3.8, 4) is 11.6 Å². The normalized spacial score (nSPS) is 14.1. The summed E-state index contributed by atoms with van der Waals surface area (Å²) in [5.74, 6) is 1.94. The van der Waals surface area contributed by atoms with Crippen LogP contribution >= 0.6 is 23.2 Å². The van der Waals surface area contributed by atoms with E-state index >= 15 is 0 Å². The number of amides is 1. The van der Waals surface area contributed by atoms with Crippen LogP contribution < -0.4 is 9.64 Å². The van der Waals surface area contributed by atoms with Gasteiger partial charge in [-0.15, -0.1) is 10.2 Å². The maximum absolute atomic E-state index is 12.5. The highest BCUT2D eigenvalue weighted by Crippen LogP contribution is 2.27. The van der Waals surface area contributed by atoms with Gasteiger partial charge in [0.2, 0.25) is 0 Å². The molecule has 0 unspecified atom stereocenters. The molecule has 1 amide bonds. The smallest absolute Gasteiger partial charge is 0.260 e. The summed E-state index contributed by atoms with van der Waals surface area (Å²) in [6, 6.07) is 12.7. The van der Waals surface area contributed by atoms with E-state index in [0.29, 0.717) is 42.0 Å². The monoisotopic (exact) mass is 431 g/mol. The predicted molar refractivity (Wildman–Crippen MR) is 112 cm³/mol. The minimum Gasteiger partial charge on any atom is -0.482 e. The van der Waals surface area contributed by atoms with Gasteiger partial charge in [-0.3, -0.25) is 4.79 Å². The largest absolute Gasteiger partial charge is 0.482 e. The van der Waals surface area contributed by atoms with Crippen LogP contribution in [0.2, 0.25) is 10.0 Å². The standard InChI is InChI=1S/C20H19Cl2N5O2/c21-15-3-4-17(16(22)13-15)29-14-20(28)27-11-9-26(10-12-27)19-6-5-18(23-24-19)25-7-1-2-8-25/h1-8,13H,9-12,14H2. The Morgan fingerprint density at radius 2 is 1.66 bits per heavy atom. The van der Waals surface area contributed by atoms with Crippen LogP contribution in [0.15, 0.2) is 54.9 Å². The molecule has 0 spiro atoms. The van der Waals surface area contributed by atoms with E-state index in [9.17, 15) is 4.79 Å². The Balaban J connectivity index is 1.29. The van der Waals surface area contributed by atoms with Crippen LogP contribution in [0, 0.1) is 0 Å². The lowest BCUT2D eigenvalue weighted by Gasteiger charge is -2.35. The molecule has 29 heavy (non-hydrogen) atoms. The highest BCUT2D eigenvalue weighted by atomic mass is 35.5. The molecule has 3 aromatic rings. The minimum atomic E-state index is -0.0790. The van der Waals surface area contributed by atoms with Crippen LogP contribution in [-0.2, 0) is 4.79 Å². The lowest BCUT2D eigenvalue weighted by Crippen LogP contribution is -2.50. The lowest BCUT2D eigenvalue weighted by atomic mass is 10.3. The van der Waals surface area contributed by atoms with Crippen LogP contribution in [0.25, 0.3) is 5.82 Å². The molecule has 7 nitrogen and oxygen atoms in total. The number of hydrogen-bond donors (Lipinski definition) is 0. The average Bonchev–Trinajstić information content (AvgIpc) is 3.28. The molecule has 0 aliphatic carbocycles. The number of benzene rings is 1. The van der Waals surface area contributed by atoms with E-state index in [2.05, 4.69) is 15.1 Å². The van der Waals surface area contributed by atoms with Crippen molar-refractivity contribution >= 4 is 34.9 Å². The number of hydrogen-bond acceptors (Lipinski definition) is 5. The molecule has 1 aromatic carbocycles. The Hall–Kier alpha value is -2.77. The summed E-state index contributed by atoms with van der Waals surface area (Å²) < 4.78 is 7.45. The van der Waals surface area contributed by atoms with Gasteiger partial charge >= 0.3 is 0 Å². The number of nitrogens with zero attached hydrogens (tertiary/aromatic N) is 5. The molecule has 0 radical (unpaired) electrons. The molecule has 0 N–H and O–H groups in total. The summed E-state index contributed by atoms with van der Waals surface area (Å²) in [4.78, 5) is 16.3. The Kier molecular flexibility index (Phi) is 5.87. The first kappa shape index (κ1) is 19.5. The van der Waals surface area contributed by atoms with E-state index in [-0.39, 0.29) is 12.5 Å². The van der Waals surface area contributed by atoms with Gasteiger partial charge in [-0.1, -0.05) is 23.2 Å². The second kappa shape index (κ2) is 8.71. The second-order valence-corrected chi connectivity index (χ2v) is 7.41. The number of anilines is 1. The van der Waals surface area contributed by atoms with Crippen molar-refractivity contribution in [2.45, 2.75) is 0 Å². The van der Waals surface area contributed by atoms with Crippen LogP contribution in [0.3, 0.4) is 0 Å². The fraction of sp³-hybridized carbons (Fsp3) is 0.250. The molecule has 1 fully saturated rings. The summed E-state index contributed by atoms with van der Waals surface area (Å²) in [6.07, 6.45) is 3.85. The van der Waals surface area contributed by atoms with Crippen molar-refractivity contribution in [1.29, 1.82) is 0 Å². The molecule has 1 aliphatic heterocycles. The van der Waals surface area contributed by atoms with Crippen molar-refractivity contribution in [1.82, 2.24) is 19.7 Å². The van der Waals surface area contributed by atoms with E-state index in [1.165, 1.54) is 0 Å². The number of carbonyl (C=O) groups excluding carboxylic acids is 1. The fourth-order valence-corrected chi connectivity index (χ4v) is 3.58. The van der Waals surface area contributed by atoms with Gasteiger partial charge in [-0.25, -0.2) is 0 Å². The molecule has 0 saturated carbocycles. The Bertz CT molecular complexity index is 971. The highest BCUT2D eigenvalue weighted by Gasteiger charge is 2.22. The molecular formula is C20H19Cl2N5O2. The average molecular weight is 432 g/mol. The molecule has 1 saturated heterocycles. The number of carbonyl (C=O) groups is 1. The van der Waals surface area contributed by atoms with Gasteiger partial charge in [0.25, 0.3) is 5.91 Å². The van der Waals surface area contributed by atoms with Gasteiger partial charge in [-0.05, 0) is 42.5 Å². The second-order valence-electron chi connectivity index (χ2n) is 6.57. The molecule has 1 aliphatic rings. The minimum absolute atomic E-state index is 0.0628. The number of piperazine rings is 1. The van der Waals surface area contributed by atoms with Crippen molar-refractivity contribution in [3.05, 3.63) is 64.9 Å². The van der Waals surface area contributed by atoms with E-state index < -0.39 is 0 Å². The highest BCUT2D eigenvalue weighted by molar-refractivity contribution is 6.35. The zero-order chi connectivity index (χ0) is 20.2. The van der Waals surface area contributed by atoms with Gasteiger partial charge < -0.3 is 19.1 Å². The van der Waals surface area contributed by atoms with Crippen molar-refractivity contribution in [2.24, 2.45) is 0 Å². The Morgan fingerprint density at radius 1 is 0.966 bits per heavy atom. The van der Waals surface area contributed by atoms with Gasteiger partial charge in [-0.2, -0.15) is 0 Å². The maximum Gasteiger partial charge on any atom is 0.260 e. The molecule has 0 bridgehead atoms. The molecule has 0 atom stereocenters. The molecule has 9 heteroatoms. The van der Waals surface area contributed by atoms with E-state index in [1.807, 2.05) is 41.2 Å². The first-order chi connectivity index (χ1) is 14.1. The van der Waals surface area contributed by atoms with Crippen LogP contribution in [-0.4, -0.2) is 58.4 Å². The lowest BCUT2D eigenvalue weighted by molar-refractivity contribution is -0.133. The van der Waals surface area contributed by atoms with E-state index in [1.54, 1.807) is 23.1 Å². The third-order valence-electron chi connectivity index (χ3n) is 4.71.